The van der Waals surface area contributed by atoms with Crippen LogP contribution >= 0.6 is 0 Å². The maximum atomic E-state index is 10.6. The highest BCUT2D eigenvalue weighted by molar-refractivity contribution is 5.31. The summed E-state index contributed by atoms with van der Waals surface area (Å²) in [6.45, 7) is 6.82. The Labute approximate surface area is 127 Å². The highest BCUT2D eigenvalue weighted by Gasteiger charge is 2.21. The van der Waals surface area contributed by atoms with Gasteiger partial charge in [0.2, 0.25) is 0 Å². The Bertz CT molecular complexity index is 557. The SMILES string of the molecule is Cc1ccc(C(O)C(CN)c2ccc(C(C)C)cc2)cc1. The highest BCUT2D eigenvalue weighted by Crippen LogP contribution is 2.31. The quantitative estimate of drug-likeness (QED) is 0.874. The molecular weight excluding hydrogens is 258 g/mol. The molecule has 0 aliphatic carbocycles. The predicted octanol–water partition coefficient (Wildman–Crippen LogP) is 3.89. The summed E-state index contributed by atoms with van der Waals surface area (Å²) in [5, 5.41) is 10.6. The van der Waals surface area contributed by atoms with E-state index in [1.54, 1.807) is 0 Å². The van der Waals surface area contributed by atoms with Gasteiger partial charge in [-0.3, -0.25) is 0 Å². The maximum absolute atomic E-state index is 10.6. The molecule has 2 heteroatoms. The number of rotatable bonds is 5. The van der Waals surface area contributed by atoms with Gasteiger partial charge in [-0.1, -0.05) is 67.9 Å². The van der Waals surface area contributed by atoms with Crippen LogP contribution in [0.2, 0.25) is 0 Å². The molecule has 0 spiro atoms. The van der Waals surface area contributed by atoms with Crippen LogP contribution in [0.4, 0.5) is 0 Å². The number of benzene rings is 2. The first kappa shape index (κ1) is 15.7. The van der Waals surface area contributed by atoms with Crippen molar-refractivity contribution in [2.24, 2.45) is 5.73 Å². The van der Waals surface area contributed by atoms with Crippen molar-refractivity contribution < 1.29 is 5.11 Å². The molecule has 0 fully saturated rings. The molecule has 0 aliphatic heterocycles. The number of hydrogen-bond donors (Lipinski definition) is 2. The fourth-order valence-electron chi connectivity index (χ4n) is 2.57. The van der Waals surface area contributed by atoms with Gasteiger partial charge < -0.3 is 10.8 Å². The molecule has 112 valence electrons. The number of aliphatic hydroxyl groups excluding tert-OH is 1. The predicted molar refractivity (Wildman–Crippen MR) is 88.5 cm³/mol. The molecule has 0 bridgehead atoms. The van der Waals surface area contributed by atoms with E-state index >= 15 is 0 Å². The van der Waals surface area contributed by atoms with Crippen LogP contribution in [0.25, 0.3) is 0 Å². The lowest BCUT2D eigenvalue weighted by atomic mass is 9.88. The van der Waals surface area contributed by atoms with Gasteiger partial charge in [0.15, 0.2) is 0 Å². The minimum absolute atomic E-state index is 0.0751. The fourth-order valence-corrected chi connectivity index (χ4v) is 2.57. The second-order valence-corrected chi connectivity index (χ2v) is 6.02. The number of aryl methyl sites for hydroxylation is 1. The molecule has 2 unspecified atom stereocenters. The third kappa shape index (κ3) is 3.72. The van der Waals surface area contributed by atoms with E-state index in [9.17, 15) is 5.11 Å². The van der Waals surface area contributed by atoms with Crippen LogP contribution in [-0.2, 0) is 0 Å². The zero-order chi connectivity index (χ0) is 15.4. The molecule has 0 radical (unpaired) electrons. The van der Waals surface area contributed by atoms with Crippen molar-refractivity contribution in [1.29, 1.82) is 0 Å². The third-order valence-corrected chi connectivity index (χ3v) is 4.09. The molecule has 0 aliphatic rings. The van der Waals surface area contributed by atoms with Crippen LogP contribution < -0.4 is 5.73 Å². The monoisotopic (exact) mass is 283 g/mol. The highest BCUT2D eigenvalue weighted by atomic mass is 16.3. The van der Waals surface area contributed by atoms with Crippen molar-refractivity contribution in [2.45, 2.75) is 38.7 Å². The van der Waals surface area contributed by atoms with E-state index in [2.05, 4.69) is 38.1 Å². The second-order valence-electron chi connectivity index (χ2n) is 6.02. The summed E-state index contributed by atoms with van der Waals surface area (Å²) >= 11 is 0. The van der Waals surface area contributed by atoms with Gasteiger partial charge in [0.1, 0.15) is 0 Å². The van der Waals surface area contributed by atoms with Crippen LogP contribution in [0.15, 0.2) is 48.5 Å². The molecule has 2 rings (SSSR count). The van der Waals surface area contributed by atoms with Gasteiger partial charge in [0.05, 0.1) is 6.10 Å². The van der Waals surface area contributed by atoms with Gasteiger partial charge >= 0.3 is 0 Å². The van der Waals surface area contributed by atoms with Gasteiger partial charge in [0, 0.05) is 12.5 Å². The molecule has 3 N–H and O–H groups in total. The van der Waals surface area contributed by atoms with E-state index in [0.29, 0.717) is 12.5 Å². The Morgan fingerprint density at radius 3 is 1.81 bits per heavy atom. The molecule has 0 heterocycles. The van der Waals surface area contributed by atoms with Crippen molar-refractivity contribution in [3.05, 3.63) is 70.8 Å². The molecule has 2 atom stereocenters. The van der Waals surface area contributed by atoms with Gasteiger partial charge in [-0.05, 0) is 29.5 Å². The van der Waals surface area contributed by atoms with Gasteiger partial charge in [-0.15, -0.1) is 0 Å². The number of hydrogen-bond acceptors (Lipinski definition) is 2. The summed E-state index contributed by atoms with van der Waals surface area (Å²) in [5.41, 5.74) is 10.4. The summed E-state index contributed by atoms with van der Waals surface area (Å²) in [4.78, 5) is 0. The van der Waals surface area contributed by atoms with Crippen LogP contribution in [-0.4, -0.2) is 11.7 Å². The molecule has 0 saturated carbocycles. The van der Waals surface area contributed by atoms with Crippen LogP contribution in [0, 0.1) is 6.92 Å². The molecule has 2 nitrogen and oxygen atoms in total. The lowest BCUT2D eigenvalue weighted by Gasteiger charge is -2.23. The van der Waals surface area contributed by atoms with E-state index in [0.717, 1.165) is 11.1 Å². The summed E-state index contributed by atoms with van der Waals surface area (Å²) in [6, 6.07) is 16.4. The van der Waals surface area contributed by atoms with Gasteiger partial charge in [-0.2, -0.15) is 0 Å². The Morgan fingerprint density at radius 1 is 0.857 bits per heavy atom. The average Bonchev–Trinajstić information content (AvgIpc) is 2.49. The second kappa shape index (κ2) is 6.88. The molecule has 21 heavy (non-hydrogen) atoms. The van der Waals surface area contributed by atoms with Crippen LogP contribution in [0.5, 0.6) is 0 Å². The molecular formula is C19H25NO. The summed E-state index contributed by atoms with van der Waals surface area (Å²) in [5.74, 6) is 0.436. The minimum Gasteiger partial charge on any atom is -0.388 e. The molecule has 0 amide bonds. The first-order chi connectivity index (χ1) is 10.0. The topological polar surface area (TPSA) is 46.2 Å². The zero-order valence-corrected chi connectivity index (χ0v) is 13.1. The fraction of sp³-hybridized carbons (Fsp3) is 0.368. The van der Waals surface area contributed by atoms with E-state index < -0.39 is 6.10 Å². The Kier molecular flexibility index (Phi) is 5.16. The summed E-state index contributed by atoms with van der Waals surface area (Å²) < 4.78 is 0. The van der Waals surface area contributed by atoms with Crippen molar-refractivity contribution >= 4 is 0 Å². The molecule has 2 aromatic rings. The summed E-state index contributed by atoms with van der Waals surface area (Å²) in [6.07, 6.45) is -0.569. The van der Waals surface area contributed by atoms with E-state index in [4.69, 9.17) is 5.73 Å². The molecule has 0 aromatic heterocycles. The summed E-state index contributed by atoms with van der Waals surface area (Å²) in [7, 11) is 0. The Morgan fingerprint density at radius 2 is 1.33 bits per heavy atom. The van der Waals surface area contributed by atoms with Crippen molar-refractivity contribution in [1.82, 2.24) is 0 Å². The van der Waals surface area contributed by atoms with Crippen molar-refractivity contribution in [3.63, 3.8) is 0 Å². The molecule has 2 aromatic carbocycles. The normalized spacial score (nSPS) is 14.2. The standard InChI is InChI=1S/C19H25NO/c1-13(2)15-8-10-16(11-9-15)18(12-20)19(21)17-6-4-14(3)5-7-17/h4-11,13,18-19,21H,12,20H2,1-3H3. The van der Waals surface area contributed by atoms with E-state index in [1.165, 1.54) is 11.1 Å². The minimum atomic E-state index is -0.569. The van der Waals surface area contributed by atoms with Crippen molar-refractivity contribution in [2.75, 3.05) is 6.54 Å². The third-order valence-electron chi connectivity index (χ3n) is 4.09. The lowest BCUT2D eigenvalue weighted by molar-refractivity contribution is 0.147. The number of aliphatic hydroxyl groups is 1. The Hall–Kier alpha value is -1.64. The smallest absolute Gasteiger partial charge is 0.0870 e. The van der Waals surface area contributed by atoms with Crippen molar-refractivity contribution in [3.8, 4) is 0 Å². The first-order valence-electron chi connectivity index (χ1n) is 7.57. The van der Waals surface area contributed by atoms with Crippen LogP contribution in [0.1, 0.15) is 54.0 Å². The largest absolute Gasteiger partial charge is 0.388 e. The van der Waals surface area contributed by atoms with Gasteiger partial charge in [0.25, 0.3) is 0 Å². The van der Waals surface area contributed by atoms with E-state index in [-0.39, 0.29) is 5.92 Å². The van der Waals surface area contributed by atoms with Crippen LogP contribution in [0.3, 0.4) is 0 Å². The maximum Gasteiger partial charge on any atom is 0.0870 e. The lowest BCUT2D eigenvalue weighted by Crippen LogP contribution is -2.20. The Balaban J connectivity index is 2.23. The van der Waals surface area contributed by atoms with Gasteiger partial charge in [-0.25, -0.2) is 0 Å². The molecule has 0 saturated heterocycles. The zero-order valence-electron chi connectivity index (χ0n) is 13.1. The van der Waals surface area contributed by atoms with E-state index in [1.807, 2.05) is 31.2 Å². The average molecular weight is 283 g/mol. The first-order valence-corrected chi connectivity index (χ1v) is 7.57. The number of nitrogens with two attached hydrogens (primary N) is 1.